The van der Waals surface area contributed by atoms with Crippen molar-refractivity contribution in [1.82, 2.24) is 4.98 Å². The zero-order chi connectivity index (χ0) is 22.6. The molecule has 0 aliphatic heterocycles. The highest BCUT2D eigenvalue weighted by molar-refractivity contribution is 9.10. The number of aldehydes is 1. The first-order valence-electron chi connectivity index (χ1n) is 8.85. The highest BCUT2D eigenvalue weighted by atomic mass is 79.9. The maximum absolute atomic E-state index is 13.3. The van der Waals surface area contributed by atoms with Gasteiger partial charge in [0.2, 0.25) is 5.88 Å². The van der Waals surface area contributed by atoms with Gasteiger partial charge in [-0.15, -0.1) is 0 Å². The molecule has 0 fully saturated rings. The van der Waals surface area contributed by atoms with Gasteiger partial charge in [0.15, 0.2) is 6.29 Å². The molecule has 31 heavy (non-hydrogen) atoms. The van der Waals surface area contributed by atoms with Crippen LogP contribution in [0.2, 0.25) is 0 Å². The number of hydrogen-bond donors (Lipinski definition) is 0. The first kappa shape index (κ1) is 22.5. The van der Waals surface area contributed by atoms with Crippen LogP contribution in [-0.2, 0) is 12.7 Å². The summed E-state index contributed by atoms with van der Waals surface area (Å²) in [6.07, 6.45) is -1.42. The third-order valence-electron chi connectivity index (χ3n) is 4.30. The summed E-state index contributed by atoms with van der Waals surface area (Å²) in [5.41, 5.74) is 0.327. The molecule has 9 heteroatoms. The molecule has 1 aromatic heterocycles. The Kier molecular flexibility index (Phi) is 6.74. The maximum Gasteiger partial charge on any atom is 0.421 e. The summed E-state index contributed by atoms with van der Waals surface area (Å²) in [5, 5.41) is 0. The van der Waals surface area contributed by atoms with Crippen molar-refractivity contribution in [2.24, 2.45) is 0 Å². The van der Waals surface area contributed by atoms with E-state index >= 15 is 0 Å². The molecule has 160 valence electrons. The molecule has 0 atom stereocenters. The molecule has 4 nitrogen and oxygen atoms in total. The highest BCUT2D eigenvalue weighted by Crippen LogP contribution is 2.37. The van der Waals surface area contributed by atoms with Gasteiger partial charge in [0.25, 0.3) is 0 Å². The second-order valence-corrected chi connectivity index (χ2v) is 7.19. The van der Waals surface area contributed by atoms with E-state index in [1.54, 1.807) is 11.0 Å². The quantitative estimate of drug-likeness (QED) is 0.269. The summed E-state index contributed by atoms with van der Waals surface area (Å²) in [6.45, 7) is 4.01. The summed E-state index contributed by atoms with van der Waals surface area (Å²) in [4.78, 5) is 17.0. The molecule has 0 saturated carbocycles. The number of pyridine rings is 1. The summed E-state index contributed by atoms with van der Waals surface area (Å²) in [6, 6.07) is 10.5. The molecule has 0 aliphatic rings. The van der Waals surface area contributed by atoms with Gasteiger partial charge in [0.1, 0.15) is 17.1 Å². The van der Waals surface area contributed by atoms with Crippen molar-refractivity contribution in [3.8, 4) is 11.6 Å². The number of hydrogen-bond acceptors (Lipinski definition) is 4. The molecule has 3 aromatic rings. The Morgan fingerprint density at radius 1 is 1.16 bits per heavy atom. The van der Waals surface area contributed by atoms with Crippen LogP contribution in [-0.4, -0.2) is 11.3 Å². The number of anilines is 1. The van der Waals surface area contributed by atoms with Gasteiger partial charge in [-0.1, -0.05) is 28.6 Å². The van der Waals surface area contributed by atoms with Crippen LogP contribution in [0.3, 0.4) is 0 Å². The van der Waals surface area contributed by atoms with Crippen LogP contribution in [0.15, 0.2) is 72.0 Å². The van der Waals surface area contributed by atoms with Crippen LogP contribution >= 0.6 is 15.9 Å². The molecule has 0 amide bonds. The van der Waals surface area contributed by atoms with E-state index in [1.165, 1.54) is 42.7 Å². The van der Waals surface area contributed by atoms with E-state index in [0.29, 0.717) is 16.4 Å². The highest BCUT2D eigenvalue weighted by Gasteiger charge is 2.35. The number of benzene rings is 2. The van der Waals surface area contributed by atoms with E-state index in [2.05, 4.69) is 27.5 Å². The van der Waals surface area contributed by atoms with E-state index in [-0.39, 0.29) is 17.9 Å². The van der Waals surface area contributed by atoms with Gasteiger partial charge >= 0.3 is 6.18 Å². The zero-order valence-corrected chi connectivity index (χ0v) is 17.5. The number of aromatic nitrogens is 1. The number of rotatable bonds is 7. The van der Waals surface area contributed by atoms with Crippen molar-refractivity contribution in [2.45, 2.75) is 12.7 Å². The Morgan fingerprint density at radius 3 is 2.58 bits per heavy atom. The predicted molar refractivity (Wildman–Crippen MR) is 112 cm³/mol. The van der Waals surface area contributed by atoms with E-state index in [4.69, 9.17) is 4.74 Å². The minimum absolute atomic E-state index is 0.0158. The van der Waals surface area contributed by atoms with E-state index in [1.807, 2.05) is 0 Å². The second kappa shape index (κ2) is 9.30. The van der Waals surface area contributed by atoms with Crippen LogP contribution in [0, 0.1) is 5.82 Å². The Balaban J connectivity index is 1.91. The fourth-order valence-corrected chi connectivity index (χ4v) is 3.31. The van der Waals surface area contributed by atoms with Gasteiger partial charge in [0, 0.05) is 22.8 Å². The molecule has 0 radical (unpaired) electrons. The minimum atomic E-state index is -4.64. The Hall–Kier alpha value is -3.20. The van der Waals surface area contributed by atoms with E-state index in [0.717, 1.165) is 17.7 Å². The molecular formula is C22H15BrF4N2O2. The SMILES string of the molecule is C=CN(Cc1ccc(F)cc1Br)c1ccc(Oc2ncccc2C(F)(F)F)cc1C=O. The lowest BCUT2D eigenvalue weighted by Gasteiger charge is -2.23. The largest absolute Gasteiger partial charge is 0.438 e. The fraction of sp³-hybridized carbons (Fsp3) is 0.0909. The zero-order valence-electron chi connectivity index (χ0n) is 15.9. The van der Waals surface area contributed by atoms with Gasteiger partial charge in [-0.3, -0.25) is 4.79 Å². The number of carbonyl (C=O) groups excluding carboxylic acids is 1. The van der Waals surface area contributed by atoms with Crippen molar-refractivity contribution >= 4 is 27.9 Å². The Bertz CT molecular complexity index is 1120. The van der Waals surface area contributed by atoms with Gasteiger partial charge < -0.3 is 9.64 Å². The molecule has 3 rings (SSSR count). The number of halogens is 5. The average Bonchev–Trinajstić information content (AvgIpc) is 2.73. The van der Waals surface area contributed by atoms with Gasteiger partial charge in [-0.25, -0.2) is 9.37 Å². The molecule has 0 unspecified atom stereocenters. The van der Waals surface area contributed by atoms with Crippen molar-refractivity contribution in [3.05, 3.63) is 94.5 Å². The summed E-state index contributed by atoms with van der Waals surface area (Å²) < 4.78 is 58.7. The Labute approximate surface area is 183 Å². The first-order chi connectivity index (χ1) is 14.7. The van der Waals surface area contributed by atoms with Crippen LogP contribution in [0.4, 0.5) is 23.2 Å². The predicted octanol–water partition coefficient (Wildman–Crippen LogP) is 6.76. The van der Waals surface area contributed by atoms with Crippen molar-refractivity contribution in [2.75, 3.05) is 4.90 Å². The molecule has 0 saturated heterocycles. The summed E-state index contributed by atoms with van der Waals surface area (Å²) >= 11 is 3.30. The van der Waals surface area contributed by atoms with Crippen molar-refractivity contribution < 1.29 is 27.1 Å². The number of ether oxygens (including phenoxy) is 1. The summed E-state index contributed by atoms with van der Waals surface area (Å²) in [5.74, 6) is -0.999. The van der Waals surface area contributed by atoms with Crippen LogP contribution in [0.5, 0.6) is 11.6 Å². The van der Waals surface area contributed by atoms with E-state index < -0.39 is 23.4 Å². The van der Waals surface area contributed by atoms with Gasteiger partial charge in [-0.05, 0) is 54.2 Å². The molecular weight excluding hydrogens is 480 g/mol. The van der Waals surface area contributed by atoms with Crippen LogP contribution < -0.4 is 9.64 Å². The molecule has 1 heterocycles. The first-order valence-corrected chi connectivity index (χ1v) is 9.64. The average molecular weight is 495 g/mol. The smallest absolute Gasteiger partial charge is 0.421 e. The second-order valence-electron chi connectivity index (χ2n) is 6.34. The standard InChI is InChI=1S/C22H15BrF4N2O2/c1-2-29(12-14-5-6-16(24)11-19(14)23)20-8-7-17(10-15(20)13-30)31-21-18(22(25,26)27)4-3-9-28-21/h2-11,13H,1,12H2. The number of nitrogens with zero attached hydrogens (tertiary/aromatic N) is 2. The normalized spacial score (nSPS) is 11.1. The van der Waals surface area contributed by atoms with Crippen LogP contribution in [0.25, 0.3) is 0 Å². The van der Waals surface area contributed by atoms with Crippen molar-refractivity contribution in [1.29, 1.82) is 0 Å². The molecule has 0 bridgehead atoms. The Morgan fingerprint density at radius 2 is 1.94 bits per heavy atom. The third kappa shape index (κ3) is 5.29. The minimum Gasteiger partial charge on any atom is -0.438 e. The number of carbonyl (C=O) groups is 1. The van der Waals surface area contributed by atoms with E-state index in [9.17, 15) is 22.4 Å². The fourth-order valence-electron chi connectivity index (χ4n) is 2.83. The van der Waals surface area contributed by atoms with Crippen LogP contribution in [0.1, 0.15) is 21.5 Å². The maximum atomic E-state index is 13.3. The molecule has 2 aromatic carbocycles. The molecule has 0 aliphatic carbocycles. The van der Waals surface area contributed by atoms with Crippen molar-refractivity contribution in [3.63, 3.8) is 0 Å². The lowest BCUT2D eigenvalue weighted by atomic mass is 10.1. The summed E-state index contributed by atoms with van der Waals surface area (Å²) in [7, 11) is 0. The molecule has 0 N–H and O–H groups in total. The monoisotopic (exact) mass is 494 g/mol. The number of alkyl halides is 3. The topological polar surface area (TPSA) is 42.4 Å². The van der Waals surface area contributed by atoms with Gasteiger partial charge in [-0.2, -0.15) is 13.2 Å². The van der Waals surface area contributed by atoms with Gasteiger partial charge in [0.05, 0.1) is 5.69 Å². The third-order valence-corrected chi connectivity index (χ3v) is 5.04. The lowest BCUT2D eigenvalue weighted by Crippen LogP contribution is -2.17. The lowest BCUT2D eigenvalue weighted by molar-refractivity contribution is -0.138. The molecule has 0 spiro atoms.